The van der Waals surface area contributed by atoms with E-state index in [1.54, 1.807) is 24.5 Å². The van der Waals surface area contributed by atoms with E-state index in [-0.39, 0.29) is 18.3 Å². The molecule has 4 saturated carbocycles. The molecule has 26 heavy (non-hydrogen) atoms. The summed E-state index contributed by atoms with van der Waals surface area (Å²) < 4.78 is 0. The van der Waals surface area contributed by atoms with Crippen molar-refractivity contribution in [3.8, 4) is 0 Å². The summed E-state index contributed by atoms with van der Waals surface area (Å²) >= 11 is 0. The van der Waals surface area contributed by atoms with Crippen LogP contribution in [0.2, 0.25) is 0 Å². The van der Waals surface area contributed by atoms with Gasteiger partial charge in [0.05, 0.1) is 0 Å². The van der Waals surface area contributed by atoms with E-state index < -0.39 is 0 Å². The van der Waals surface area contributed by atoms with Crippen LogP contribution in [-0.4, -0.2) is 10.9 Å². The van der Waals surface area contributed by atoms with E-state index in [4.69, 9.17) is 0 Å². The Morgan fingerprint density at radius 3 is 1.96 bits per heavy atom. The van der Waals surface area contributed by atoms with Crippen molar-refractivity contribution in [3.63, 3.8) is 0 Å². The number of rotatable bonds is 3. The van der Waals surface area contributed by atoms with Crippen LogP contribution in [0.25, 0.3) is 0 Å². The van der Waals surface area contributed by atoms with Gasteiger partial charge < -0.3 is 5.32 Å². The van der Waals surface area contributed by atoms with Gasteiger partial charge >= 0.3 is 0 Å². The minimum atomic E-state index is -0.0787. The van der Waals surface area contributed by atoms with Gasteiger partial charge in [0, 0.05) is 23.6 Å². The Morgan fingerprint density at radius 1 is 0.885 bits per heavy atom. The highest BCUT2D eigenvalue weighted by molar-refractivity contribution is 6.04. The molecule has 4 fully saturated rings. The minimum absolute atomic E-state index is 0. The number of nitrogens with zero attached hydrogens (tertiary/aromatic N) is 1. The highest BCUT2D eigenvalue weighted by Gasteiger charge is 2.51. The number of aromatic nitrogens is 1. The van der Waals surface area contributed by atoms with Crippen LogP contribution in [0.3, 0.4) is 0 Å². The molecular formula is C22H25ClN2O. The Morgan fingerprint density at radius 2 is 1.42 bits per heavy atom. The summed E-state index contributed by atoms with van der Waals surface area (Å²) in [5.41, 5.74) is 3.42. The lowest BCUT2D eigenvalue weighted by atomic mass is 9.48. The molecule has 0 radical (unpaired) electrons. The molecule has 136 valence electrons. The van der Waals surface area contributed by atoms with Crippen molar-refractivity contribution in [3.05, 3.63) is 59.9 Å². The van der Waals surface area contributed by atoms with Crippen LogP contribution in [0.15, 0.2) is 48.8 Å². The number of carbonyl (C=O) groups is 1. The second-order valence-electron chi connectivity index (χ2n) is 8.47. The first-order chi connectivity index (χ1) is 12.2. The summed E-state index contributed by atoms with van der Waals surface area (Å²) in [6.45, 7) is 0. The number of carbonyl (C=O) groups excluding carboxylic acids is 1. The summed E-state index contributed by atoms with van der Waals surface area (Å²) in [5, 5.41) is 2.99. The number of amides is 1. The van der Waals surface area contributed by atoms with Crippen LogP contribution in [0.5, 0.6) is 0 Å². The molecule has 3 nitrogen and oxygen atoms in total. The van der Waals surface area contributed by atoms with Gasteiger partial charge in [-0.3, -0.25) is 9.78 Å². The topological polar surface area (TPSA) is 42.0 Å². The first kappa shape index (κ1) is 17.5. The zero-order valence-electron chi connectivity index (χ0n) is 14.9. The van der Waals surface area contributed by atoms with E-state index in [2.05, 4.69) is 34.6 Å². The van der Waals surface area contributed by atoms with Gasteiger partial charge in [-0.2, -0.15) is 0 Å². The highest BCUT2D eigenvalue weighted by Crippen LogP contribution is 2.60. The van der Waals surface area contributed by atoms with Crippen molar-refractivity contribution in [1.29, 1.82) is 0 Å². The Kier molecular flexibility index (Phi) is 4.52. The lowest BCUT2D eigenvalue weighted by Crippen LogP contribution is -2.48. The predicted octanol–water partition coefficient (Wildman–Crippen LogP) is 5.22. The van der Waals surface area contributed by atoms with Gasteiger partial charge in [-0.05, 0) is 91.5 Å². The molecule has 4 aliphatic rings. The number of anilines is 1. The van der Waals surface area contributed by atoms with Gasteiger partial charge in [0.1, 0.15) is 0 Å². The lowest BCUT2D eigenvalue weighted by molar-refractivity contribution is -0.00518. The third-order valence-electron chi connectivity index (χ3n) is 6.74. The number of benzene rings is 1. The molecular weight excluding hydrogens is 344 g/mol. The average Bonchev–Trinajstić information content (AvgIpc) is 2.62. The molecule has 0 saturated heterocycles. The monoisotopic (exact) mass is 368 g/mol. The summed E-state index contributed by atoms with van der Waals surface area (Å²) in [4.78, 5) is 16.2. The van der Waals surface area contributed by atoms with E-state index in [1.165, 1.54) is 44.1 Å². The molecule has 0 spiro atoms. The molecule has 0 unspecified atom stereocenters. The molecule has 4 aliphatic carbocycles. The number of halogens is 1. The number of nitrogens with one attached hydrogen (secondary N) is 1. The van der Waals surface area contributed by atoms with E-state index >= 15 is 0 Å². The molecule has 0 atom stereocenters. The van der Waals surface area contributed by atoms with E-state index in [9.17, 15) is 4.79 Å². The van der Waals surface area contributed by atoms with Crippen LogP contribution in [0.4, 0.5) is 5.69 Å². The Bertz CT molecular complexity index is 752. The molecule has 4 heteroatoms. The summed E-state index contributed by atoms with van der Waals surface area (Å²) in [5.74, 6) is 2.79. The third-order valence-corrected chi connectivity index (χ3v) is 6.74. The third kappa shape index (κ3) is 3.03. The quantitative estimate of drug-likeness (QED) is 0.806. The summed E-state index contributed by atoms with van der Waals surface area (Å²) in [7, 11) is 0. The molecule has 0 aliphatic heterocycles. The number of pyridine rings is 1. The highest BCUT2D eigenvalue weighted by atomic mass is 35.5. The van der Waals surface area contributed by atoms with Crippen molar-refractivity contribution in [2.45, 2.75) is 43.9 Å². The Labute approximate surface area is 161 Å². The molecule has 1 amide bonds. The largest absolute Gasteiger partial charge is 0.322 e. The zero-order chi connectivity index (χ0) is 16.9. The van der Waals surface area contributed by atoms with Gasteiger partial charge in [0.2, 0.25) is 0 Å². The fourth-order valence-corrected chi connectivity index (χ4v) is 6.08. The maximum Gasteiger partial charge on any atom is 0.255 e. The van der Waals surface area contributed by atoms with Crippen molar-refractivity contribution < 1.29 is 4.79 Å². The average molecular weight is 369 g/mol. The van der Waals surface area contributed by atoms with Gasteiger partial charge in [-0.25, -0.2) is 0 Å². The normalized spacial score (nSPS) is 31.3. The first-order valence-electron chi connectivity index (χ1n) is 9.52. The van der Waals surface area contributed by atoms with Crippen molar-refractivity contribution >= 4 is 24.0 Å². The van der Waals surface area contributed by atoms with Crippen LogP contribution < -0.4 is 5.32 Å². The molecule has 1 aromatic carbocycles. The molecule has 1 aromatic heterocycles. The van der Waals surface area contributed by atoms with E-state index in [0.717, 1.165) is 23.4 Å². The van der Waals surface area contributed by atoms with Crippen LogP contribution >= 0.6 is 12.4 Å². The maximum absolute atomic E-state index is 12.3. The molecule has 1 N–H and O–H groups in total. The smallest absolute Gasteiger partial charge is 0.255 e. The standard InChI is InChI=1S/C22H24N2O.ClH/c25-21(18-5-7-23-8-6-18)24-20-3-1-19(2-4-20)22-12-15-9-16(13-22)11-17(10-15)14-22;/h1-8,15-17H,9-14H2,(H,24,25);1H. The minimum Gasteiger partial charge on any atom is -0.322 e. The first-order valence-corrected chi connectivity index (χ1v) is 9.52. The predicted molar refractivity (Wildman–Crippen MR) is 106 cm³/mol. The van der Waals surface area contributed by atoms with Crippen molar-refractivity contribution in [2.75, 3.05) is 5.32 Å². The van der Waals surface area contributed by atoms with Gasteiger partial charge in [0.15, 0.2) is 0 Å². The molecule has 6 rings (SSSR count). The van der Waals surface area contributed by atoms with E-state index in [0.29, 0.717) is 11.0 Å². The zero-order valence-corrected chi connectivity index (χ0v) is 15.7. The number of hydrogen-bond acceptors (Lipinski definition) is 2. The molecule has 1 heterocycles. The van der Waals surface area contributed by atoms with Crippen molar-refractivity contribution in [1.82, 2.24) is 4.98 Å². The van der Waals surface area contributed by atoms with Gasteiger partial charge in [-0.15, -0.1) is 12.4 Å². The molecule has 4 bridgehead atoms. The van der Waals surface area contributed by atoms with Crippen LogP contribution in [0, 0.1) is 17.8 Å². The van der Waals surface area contributed by atoms with Crippen LogP contribution in [-0.2, 0) is 5.41 Å². The number of hydrogen-bond donors (Lipinski definition) is 1. The second kappa shape index (κ2) is 6.70. The Balaban J connectivity index is 0.00000168. The van der Waals surface area contributed by atoms with Gasteiger partial charge in [-0.1, -0.05) is 12.1 Å². The van der Waals surface area contributed by atoms with Gasteiger partial charge in [0.25, 0.3) is 5.91 Å². The summed E-state index contributed by atoms with van der Waals surface area (Å²) in [6, 6.07) is 12.1. The molecule has 2 aromatic rings. The summed E-state index contributed by atoms with van der Waals surface area (Å²) in [6.07, 6.45) is 11.8. The van der Waals surface area contributed by atoms with E-state index in [1.807, 2.05) is 0 Å². The SMILES string of the molecule is Cl.O=C(Nc1ccc(C23CC4CC(CC(C4)C2)C3)cc1)c1ccncc1. The Hall–Kier alpha value is -1.87. The van der Waals surface area contributed by atoms with Crippen LogP contribution in [0.1, 0.15) is 54.4 Å². The maximum atomic E-state index is 12.3. The fraction of sp³-hybridized carbons (Fsp3) is 0.455. The second-order valence-corrected chi connectivity index (χ2v) is 8.47. The van der Waals surface area contributed by atoms with Crippen molar-refractivity contribution in [2.24, 2.45) is 17.8 Å². The fourth-order valence-electron chi connectivity index (χ4n) is 6.08. The lowest BCUT2D eigenvalue weighted by Gasteiger charge is -2.57.